The van der Waals surface area contributed by atoms with Crippen LogP contribution in [0.4, 0.5) is 0 Å². The van der Waals surface area contributed by atoms with Crippen LogP contribution >= 0.6 is 0 Å². The van der Waals surface area contributed by atoms with Crippen molar-refractivity contribution in [3.8, 4) is 0 Å². The van der Waals surface area contributed by atoms with E-state index in [-0.39, 0.29) is 5.54 Å². The third-order valence-corrected chi connectivity index (χ3v) is 3.57. The van der Waals surface area contributed by atoms with Crippen LogP contribution in [0.15, 0.2) is 16.5 Å². The van der Waals surface area contributed by atoms with Gasteiger partial charge in [-0.05, 0) is 39.3 Å². The fraction of sp³-hybridized carbons (Fsp3) is 0.750. The van der Waals surface area contributed by atoms with Gasteiger partial charge < -0.3 is 14.5 Å². The van der Waals surface area contributed by atoms with Gasteiger partial charge in [-0.2, -0.15) is 0 Å². The zero-order valence-electron chi connectivity index (χ0n) is 13.2. The van der Waals surface area contributed by atoms with Crippen LogP contribution in [-0.2, 0) is 17.8 Å². The molecule has 0 spiro atoms. The van der Waals surface area contributed by atoms with Crippen molar-refractivity contribution in [3.05, 3.63) is 23.7 Å². The molecule has 1 unspecified atom stereocenters. The predicted molar refractivity (Wildman–Crippen MR) is 80.6 cm³/mol. The minimum Gasteiger partial charge on any atom is -0.463 e. The van der Waals surface area contributed by atoms with E-state index in [0.29, 0.717) is 6.10 Å². The monoisotopic (exact) mass is 280 g/mol. The van der Waals surface area contributed by atoms with E-state index in [1.54, 1.807) is 0 Å². The molecule has 0 aromatic carbocycles. The first-order valence-corrected chi connectivity index (χ1v) is 7.63. The first-order valence-electron chi connectivity index (χ1n) is 7.63. The Kier molecular flexibility index (Phi) is 5.24. The Hall–Kier alpha value is -0.840. The highest BCUT2D eigenvalue weighted by molar-refractivity contribution is 5.07. The third kappa shape index (κ3) is 4.93. The summed E-state index contributed by atoms with van der Waals surface area (Å²) in [5.41, 5.74) is 0.117. The van der Waals surface area contributed by atoms with Crippen molar-refractivity contribution in [2.24, 2.45) is 0 Å². The Morgan fingerprint density at radius 2 is 2.05 bits per heavy atom. The van der Waals surface area contributed by atoms with E-state index in [1.165, 1.54) is 0 Å². The van der Waals surface area contributed by atoms with Crippen molar-refractivity contribution in [1.29, 1.82) is 0 Å². The number of rotatable bonds is 5. The predicted octanol–water partition coefficient (Wildman–Crippen LogP) is 2.78. The first-order chi connectivity index (χ1) is 9.46. The zero-order valence-corrected chi connectivity index (χ0v) is 13.2. The summed E-state index contributed by atoms with van der Waals surface area (Å²) in [6.07, 6.45) is 1.45. The quantitative estimate of drug-likeness (QED) is 0.900. The summed E-state index contributed by atoms with van der Waals surface area (Å²) in [4.78, 5) is 2.41. The molecular weight excluding hydrogens is 252 g/mol. The largest absolute Gasteiger partial charge is 0.463 e. The lowest BCUT2D eigenvalue weighted by Gasteiger charge is -2.31. The number of nitrogens with zero attached hydrogens (tertiary/aromatic N) is 1. The third-order valence-electron chi connectivity index (χ3n) is 3.57. The average molecular weight is 280 g/mol. The first kappa shape index (κ1) is 15.5. The standard InChI is InChI=1S/C16H28N2O2/c1-5-13-11-18(8-9-19-13)12-15-7-6-14(20-15)10-17-16(2,3)4/h6-7,13,17H,5,8-12H2,1-4H3. The molecule has 1 saturated heterocycles. The summed E-state index contributed by atoms with van der Waals surface area (Å²) in [7, 11) is 0. The van der Waals surface area contributed by atoms with E-state index < -0.39 is 0 Å². The van der Waals surface area contributed by atoms with Crippen molar-refractivity contribution >= 4 is 0 Å². The molecule has 20 heavy (non-hydrogen) atoms. The van der Waals surface area contributed by atoms with Gasteiger partial charge in [0.25, 0.3) is 0 Å². The van der Waals surface area contributed by atoms with E-state index in [1.807, 2.05) is 0 Å². The van der Waals surface area contributed by atoms with Gasteiger partial charge in [0.15, 0.2) is 0 Å². The second-order valence-electron chi connectivity index (χ2n) is 6.61. The summed E-state index contributed by atoms with van der Waals surface area (Å²) >= 11 is 0. The molecule has 0 saturated carbocycles. The van der Waals surface area contributed by atoms with Crippen LogP contribution in [0.3, 0.4) is 0 Å². The van der Waals surface area contributed by atoms with Crippen molar-refractivity contribution < 1.29 is 9.15 Å². The minimum atomic E-state index is 0.117. The van der Waals surface area contributed by atoms with Gasteiger partial charge in [0, 0.05) is 18.6 Å². The lowest BCUT2D eigenvalue weighted by Crippen LogP contribution is -2.41. The highest BCUT2D eigenvalue weighted by atomic mass is 16.5. The molecule has 0 radical (unpaired) electrons. The van der Waals surface area contributed by atoms with Gasteiger partial charge in [0.2, 0.25) is 0 Å². The Balaban J connectivity index is 1.83. The van der Waals surface area contributed by atoms with Gasteiger partial charge in [-0.15, -0.1) is 0 Å². The molecule has 2 rings (SSSR count). The molecule has 1 aromatic heterocycles. The van der Waals surface area contributed by atoms with Crippen LogP contribution < -0.4 is 5.32 Å². The maximum Gasteiger partial charge on any atom is 0.118 e. The van der Waals surface area contributed by atoms with Crippen molar-refractivity contribution in [2.75, 3.05) is 19.7 Å². The smallest absolute Gasteiger partial charge is 0.118 e. The molecule has 4 nitrogen and oxygen atoms in total. The van der Waals surface area contributed by atoms with E-state index in [4.69, 9.17) is 9.15 Å². The molecule has 1 atom stereocenters. The molecule has 0 bridgehead atoms. The summed E-state index contributed by atoms with van der Waals surface area (Å²) < 4.78 is 11.6. The van der Waals surface area contributed by atoms with Gasteiger partial charge >= 0.3 is 0 Å². The number of ether oxygens (including phenoxy) is 1. The Morgan fingerprint density at radius 1 is 1.30 bits per heavy atom. The SMILES string of the molecule is CCC1CN(Cc2ccc(CNC(C)(C)C)o2)CCO1. The minimum absolute atomic E-state index is 0.117. The van der Waals surface area contributed by atoms with Crippen molar-refractivity contribution in [2.45, 2.75) is 58.8 Å². The van der Waals surface area contributed by atoms with Gasteiger partial charge in [0.05, 0.1) is 25.8 Å². The summed E-state index contributed by atoms with van der Waals surface area (Å²) in [5, 5.41) is 3.44. The van der Waals surface area contributed by atoms with Crippen LogP contribution in [0.5, 0.6) is 0 Å². The fourth-order valence-corrected chi connectivity index (χ4v) is 2.35. The summed E-state index contributed by atoms with van der Waals surface area (Å²) in [6.45, 7) is 13.2. The van der Waals surface area contributed by atoms with Crippen LogP contribution in [0.2, 0.25) is 0 Å². The molecule has 1 N–H and O–H groups in total. The number of nitrogens with one attached hydrogen (secondary N) is 1. The number of furan rings is 1. The molecule has 1 aliphatic rings. The van der Waals surface area contributed by atoms with Crippen molar-refractivity contribution in [1.82, 2.24) is 10.2 Å². The maximum absolute atomic E-state index is 5.91. The van der Waals surface area contributed by atoms with E-state index >= 15 is 0 Å². The molecule has 1 fully saturated rings. The zero-order chi connectivity index (χ0) is 14.6. The second kappa shape index (κ2) is 6.74. The van der Waals surface area contributed by atoms with E-state index in [9.17, 15) is 0 Å². The molecule has 0 amide bonds. The lowest BCUT2D eigenvalue weighted by molar-refractivity contribution is -0.0342. The van der Waals surface area contributed by atoms with Gasteiger partial charge in [0.1, 0.15) is 11.5 Å². The fourth-order valence-electron chi connectivity index (χ4n) is 2.35. The number of hydrogen-bond donors (Lipinski definition) is 1. The van der Waals surface area contributed by atoms with Gasteiger partial charge in [-0.1, -0.05) is 6.92 Å². The lowest BCUT2D eigenvalue weighted by atomic mass is 10.1. The van der Waals surface area contributed by atoms with E-state index in [0.717, 1.165) is 50.7 Å². The van der Waals surface area contributed by atoms with Gasteiger partial charge in [-0.25, -0.2) is 0 Å². The highest BCUT2D eigenvalue weighted by Gasteiger charge is 2.20. The Morgan fingerprint density at radius 3 is 2.75 bits per heavy atom. The molecule has 114 valence electrons. The number of morpholine rings is 1. The van der Waals surface area contributed by atoms with Crippen LogP contribution in [0.25, 0.3) is 0 Å². The van der Waals surface area contributed by atoms with Crippen molar-refractivity contribution in [3.63, 3.8) is 0 Å². The van der Waals surface area contributed by atoms with Crippen LogP contribution in [0, 0.1) is 0 Å². The molecule has 0 aliphatic carbocycles. The Labute approximate surface area is 122 Å². The molecule has 1 aromatic rings. The molecule has 4 heteroatoms. The van der Waals surface area contributed by atoms with Crippen LogP contribution in [-0.4, -0.2) is 36.2 Å². The summed E-state index contributed by atoms with van der Waals surface area (Å²) in [5.74, 6) is 2.06. The summed E-state index contributed by atoms with van der Waals surface area (Å²) in [6, 6.07) is 4.17. The van der Waals surface area contributed by atoms with Crippen LogP contribution in [0.1, 0.15) is 45.6 Å². The van der Waals surface area contributed by atoms with Gasteiger partial charge in [-0.3, -0.25) is 4.90 Å². The molecule has 1 aliphatic heterocycles. The topological polar surface area (TPSA) is 37.6 Å². The average Bonchev–Trinajstić information content (AvgIpc) is 2.83. The van der Waals surface area contributed by atoms with E-state index in [2.05, 4.69) is 50.0 Å². The molecular formula is C16H28N2O2. The molecule has 2 heterocycles. The second-order valence-corrected chi connectivity index (χ2v) is 6.61. The number of hydrogen-bond acceptors (Lipinski definition) is 4. The Bertz CT molecular complexity index is 409. The normalized spacial score (nSPS) is 21.3. The highest BCUT2D eigenvalue weighted by Crippen LogP contribution is 2.15. The maximum atomic E-state index is 5.91.